The maximum Gasteiger partial charge on any atom is 0.293 e. The van der Waals surface area contributed by atoms with E-state index < -0.39 is 0 Å². The molecule has 0 aliphatic carbocycles. The highest BCUT2D eigenvalue weighted by Gasteiger charge is 2.34. The predicted molar refractivity (Wildman–Crippen MR) is 125 cm³/mol. The van der Waals surface area contributed by atoms with E-state index in [4.69, 9.17) is 4.74 Å². The van der Waals surface area contributed by atoms with Crippen LogP contribution >= 0.6 is 11.8 Å². The van der Waals surface area contributed by atoms with Crippen molar-refractivity contribution >= 4 is 29.0 Å². The number of carbonyl (C=O) groups excluding carboxylic acids is 2. The minimum atomic E-state index is -0.231. The van der Waals surface area contributed by atoms with Crippen LogP contribution < -0.4 is 4.74 Å². The highest BCUT2D eigenvalue weighted by Crippen LogP contribution is 2.32. The van der Waals surface area contributed by atoms with Crippen LogP contribution in [0, 0.1) is 6.92 Å². The van der Waals surface area contributed by atoms with Crippen molar-refractivity contribution in [3.8, 4) is 5.75 Å². The molecule has 4 rings (SSSR count). The van der Waals surface area contributed by atoms with Gasteiger partial charge in [-0.3, -0.25) is 14.5 Å². The minimum Gasteiger partial charge on any atom is -0.489 e. The van der Waals surface area contributed by atoms with E-state index in [1.54, 1.807) is 6.08 Å². The molecule has 0 radical (unpaired) electrons. The fourth-order valence-electron chi connectivity index (χ4n) is 3.24. The summed E-state index contributed by atoms with van der Waals surface area (Å²) in [7, 11) is 0. The maximum absolute atomic E-state index is 12.7. The number of thioether (sulfide) groups is 1. The van der Waals surface area contributed by atoms with Gasteiger partial charge in [0.15, 0.2) is 0 Å². The number of hydrogen-bond acceptors (Lipinski definition) is 4. The second-order valence-corrected chi connectivity index (χ2v) is 8.41. The highest BCUT2D eigenvalue weighted by molar-refractivity contribution is 8.18. The van der Waals surface area contributed by atoms with E-state index >= 15 is 0 Å². The standard InChI is InChI=1S/C26H23NO3S/c1-19-7-9-22(10-8-19)18-30-23-13-11-21(12-14-23)17-24-25(28)27(26(29)31-24)16-15-20-5-3-2-4-6-20/h2-14,17H,15-16,18H2,1H3/b24-17-. The normalized spacial score (nSPS) is 15.0. The molecule has 0 saturated carbocycles. The van der Waals surface area contributed by atoms with Gasteiger partial charge >= 0.3 is 0 Å². The van der Waals surface area contributed by atoms with Gasteiger partial charge in [-0.2, -0.15) is 0 Å². The van der Waals surface area contributed by atoms with E-state index in [0.29, 0.717) is 24.5 Å². The SMILES string of the molecule is Cc1ccc(COc2ccc(/C=C3\SC(=O)N(CCc4ccccc4)C3=O)cc2)cc1. The number of carbonyl (C=O) groups is 2. The van der Waals surface area contributed by atoms with Crippen molar-refractivity contribution in [2.24, 2.45) is 0 Å². The Morgan fingerprint density at radius 3 is 2.29 bits per heavy atom. The number of benzene rings is 3. The van der Waals surface area contributed by atoms with Gasteiger partial charge < -0.3 is 4.74 Å². The molecule has 0 bridgehead atoms. The lowest BCUT2D eigenvalue weighted by molar-refractivity contribution is -0.122. The molecule has 2 amide bonds. The fraction of sp³-hybridized carbons (Fsp3) is 0.154. The Labute approximate surface area is 186 Å². The first kappa shape index (κ1) is 20.9. The average Bonchev–Trinajstić information content (AvgIpc) is 3.06. The molecule has 1 fully saturated rings. The monoisotopic (exact) mass is 429 g/mol. The van der Waals surface area contributed by atoms with Crippen molar-refractivity contribution in [1.29, 1.82) is 0 Å². The van der Waals surface area contributed by atoms with Gasteiger partial charge in [0.05, 0.1) is 4.91 Å². The van der Waals surface area contributed by atoms with Crippen LogP contribution in [0.1, 0.15) is 22.3 Å². The Kier molecular flexibility index (Phi) is 6.53. The second-order valence-electron chi connectivity index (χ2n) is 7.41. The molecule has 0 spiro atoms. The zero-order chi connectivity index (χ0) is 21.6. The van der Waals surface area contributed by atoms with Crippen LogP contribution in [0.5, 0.6) is 5.75 Å². The average molecular weight is 430 g/mol. The van der Waals surface area contributed by atoms with E-state index in [0.717, 1.165) is 34.2 Å². The third-order valence-electron chi connectivity index (χ3n) is 5.04. The number of nitrogens with zero attached hydrogens (tertiary/aromatic N) is 1. The van der Waals surface area contributed by atoms with E-state index in [1.165, 1.54) is 10.5 Å². The van der Waals surface area contributed by atoms with Crippen LogP contribution in [0.4, 0.5) is 4.79 Å². The molecular weight excluding hydrogens is 406 g/mol. The summed E-state index contributed by atoms with van der Waals surface area (Å²) < 4.78 is 5.83. The topological polar surface area (TPSA) is 46.6 Å². The van der Waals surface area contributed by atoms with Crippen molar-refractivity contribution in [3.05, 3.63) is 106 Å². The summed E-state index contributed by atoms with van der Waals surface area (Å²) in [6.07, 6.45) is 2.41. The number of ether oxygens (including phenoxy) is 1. The van der Waals surface area contributed by atoms with Gasteiger partial charge in [0, 0.05) is 6.54 Å². The van der Waals surface area contributed by atoms with Crippen molar-refractivity contribution < 1.29 is 14.3 Å². The molecule has 5 heteroatoms. The zero-order valence-corrected chi connectivity index (χ0v) is 18.1. The Morgan fingerprint density at radius 2 is 1.58 bits per heavy atom. The first-order chi connectivity index (χ1) is 15.1. The fourth-order valence-corrected chi connectivity index (χ4v) is 4.11. The molecule has 1 aliphatic heterocycles. The van der Waals surface area contributed by atoms with Crippen molar-refractivity contribution in [2.75, 3.05) is 6.54 Å². The Morgan fingerprint density at radius 1 is 0.871 bits per heavy atom. The van der Waals surface area contributed by atoms with Gasteiger partial charge in [-0.05, 0) is 60.0 Å². The van der Waals surface area contributed by atoms with E-state index in [2.05, 4.69) is 31.2 Å². The van der Waals surface area contributed by atoms with Gasteiger partial charge in [0.25, 0.3) is 11.1 Å². The van der Waals surface area contributed by atoms with Crippen molar-refractivity contribution in [1.82, 2.24) is 4.90 Å². The molecule has 1 aliphatic rings. The highest BCUT2D eigenvalue weighted by atomic mass is 32.2. The van der Waals surface area contributed by atoms with Crippen LogP contribution in [0.15, 0.2) is 83.8 Å². The molecule has 3 aromatic carbocycles. The predicted octanol–water partition coefficient (Wildman–Crippen LogP) is 5.85. The first-order valence-electron chi connectivity index (χ1n) is 10.2. The number of imide groups is 1. The quantitative estimate of drug-likeness (QED) is 0.442. The maximum atomic E-state index is 12.7. The summed E-state index contributed by atoms with van der Waals surface area (Å²) in [5.41, 5.74) is 4.29. The van der Waals surface area contributed by atoms with Crippen LogP contribution in [0.2, 0.25) is 0 Å². The number of hydrogen-bond donors (Lipinski definition) is 0. The Bertz CT molecular complexity index is 1090. The third kappa shape index (κ3) is 5.44. The smallest absolute Gasteiger partial charge is 0.293 e. The van der Waals surface area contributed by atoms with Crippen LogP contribution in [0.25, 0.3) is 6.08 Å². The first-order valence-corrected chi connectivity index (χ1v) is 11.0. The molecule has 156 valence electrons. The van der Waals surface area contributed by atoms with Crippen LogP contribution in [0.3, 0.4) is 0 Å². The van der Waals surface area contributed by atoms with Crippen LogP contribution in [-0.2, 0) is 17.8 Å². The molecule has 0 N–H and O–H groups in total. The van der Waals surface area contributed by atoms with E-state index in [9.17, 15) is 9.59 Å². The summed E-state index contributed by atoms with van der Waals surface area (Å²) in [6.45, 7) is 2.94. The number of aryl methyl sites for hydroxylation is 1. The van der Waals surface area contributed by atoms with Gasteiger partial charge in [0.1, 0.15) is 12.4 Å². The van der Waals surface area contributed by atoms with Gasteiger partial charge in [-0.25, -0.2) is 0 Å². The number of rotatable bonds is 7. The summed E-state index contributed by atoms with van der Waals surface area (Å²) in [4.78, 5) is 26.8. The lowest BCUT2D eigenvalue weighted by Crippen LogP contribution is -2.30. The largest absolute Gasteiger partial charge is 0.489 e. The lowest BCUT2D eigenvalue weighted by Gasteiger charge is -2.12. The zero-order valence-electron chi connectivity index (χ0n) is 17.3. The van der Waals surface area contributed by atoms with Gasteiger partial charge in [-0.15, -0.1) is 0 Å². The summed E-state index contributed by atoms with van der Waals surface area (Å²) >= 11 is 0.992. The number of amides is 2. The molecule has 31 heavy (non-hydrogen) atoms. The second kappa shape index (κ2) is 9.67. The molecule has 0 atom stereocenters. The molecule has 0 unspecified atom stereocenters. The summed E-state index contributed by atoms with van der Waals surface area (Å²) in [6, 6.07) is 25.6. The molecule has 3 aromatic rings. The Balaban J connectivity index is 1.36. The molecular formula is C26H23NO3S. The van der Waals surface area contributed by atoms with E-state index in [-0.39, 0.29) is 11.1 Å². The molecule has 0 aromatic heterocycles. The minimum absolute atomic E-state index is 0.217. The lowest BCUT2D eigenvalue weighted by atomic mass is 10.1. The van der Waals surface area contributed by atoms with E-state index in [1.807, 2.05) is 54.6 Å². The van der Waals surface area contributed by atoms with Gasteiger partial charge in [0.2, 0.25) is 0 Å². The summed E-state index contributed by atoms with van der Waals surface area (Å²) in [5, 5.41) is -0.217. The molecule has 1 saturated heterocycles. The van der Waals surface area contributed by atoms with Crippen molar-refractivity contribution in [3.63, 3.8) is 0 Å². The molecule has 4 nitrogen and oxygen atoms in total. The Hall–Kier alpha value is -3.31. The summed E-state index contributed by atoms with van der Waals surface area (Å²) in [5.74, 6) is 0.527. The van der Waals surface area contributed by atoms with Gasteiger partial charge in [-0.1, -0.05) is 72.3 Å². The third-order valence-corrected chi connectivity index (χ3v) is 5.95. The van der Waals surface area contributed by atoms with Crippen molar-refractivity contribution in [2.45, 2.75) is 20.0 Å². The van der Waals surface area contributed by atoms with Crippen LogP contribution in [-0.4, -0.2) is 22.6 Å². The molecule has 1 heterocycles.